The molecular formula is C17H27N3O3S. The van der Waals surface area contributed by atoms with Crippen molar-refractivity contribution >= 4 is 15.8 Å². The summed E-state index contributed by atoms with van der Waals surface area (Å²) >= 11 is 0. The molecule has 3 rings (SSSR count). The minimum atomic E-state index is -3.46. The number of nitrogens with one attached hydrogen (secondary N) is 1. The highest BCUT2D eigenvalue weighted by Crippen LogP contribution is 2.28. The van der Waals surface area contributed by atoms with E-state index in [0.717, 1.165) is 18.2 Å². The van der Waals surface area contributed by atoms with E-state index in [2.05, 4.69) is 17.2 Å². The maximum Gasteiger partial charge on any atom is 0.244 e. The molecular weight excluding hydrogens is 326 g/mol. The minimum Gasteiger partial charge on any atom is -0.379 e. The Labute approximate surface area is 144 Å². The summed E-state index contributed by atoms with van der Waals surface area (Å²) in [6, 6.07) is 3.88. The third-order valence-electron chi connectivity index (χ3n) is 5.06. The summed E-state index contributed by atoms with van der Waals surface area (Å²) in [4.78, 5) is 4.59. The molecule has 24 heavy (non-hydrogen) atoms. The van der Waals surface area contributed by atoms with Crippen LogP contribution in [0.15, 0.2) is 23.2 Å². The summed E-state index contributed by atoms with van der Waals surface area (Å²) in [5.74, 6) is 1.55. The lowest BCUT2D eigenvalue weighted by Crippen LogP contribution is -2.40. The zero-order chi connectivity index (χ0) is 17.0. The number of anilines is 1. The molecule has 2 aliphatic rings. The number of nitrogens with zero attached hydrogens (tertiary/aromatic N) is 2. The number of aromatic nitrogens is 1. The first-order chi connectivity index (χ1) is 11.6. The molecule has 134 valence electrons. The highest BCUT2D eigenvalue weighted by molar-refractivity contribution is 7.89. The van der Waals surface area contributed by atoms with Crippen LogP contribution in [0.2, 0.25) is 0 Å². The van der Waals surface area contributed by atoms with Gasteiger partial charge in [0.2, 0.25) is 10.0 Å². The Hall–Kier alpha value is -1.18. The van der Waals surface area contributed by atoms with Crippen LogP contribution in [-0.4, -0.2) is 50.1 Å². The van der Waals surface area contributed by atoms with Crippen molar-refractivity contribution in [2.24, 2.45) is 5.92 Å². The Balaban J connectivity index is 1.64. The van der Waals surface area contributed by atoms with E-state index in [1.54, 1.807) is 12.1 Å². The maximum absolute atomic E-state index is 12.6. The van der Waals surface area contributed by atoms with E-state index in [-0.39, 0.29) is 4.90 Å². The van der Waals surface area contributed by atoms with Gasteiger partial charge >= 0.3 is 0 Å². The van der Waals surface area contributed by atoms with Crippen molar-refractivity contribution in [2.75, 3.05) is 31.6 Å². The number of pyridine rings is 1. The van der Waals surface area contributed by atoms with E-state index in [9.17, 15) is 8.42 Å². The van der Waals surface area contributed by atoms with Crippen LogP contribution in [0.25, 0.3) is 0 Å². The zero-order valence-electron chi connectivity index (χ0n) is 14.3. The summed E-state index contributed by atoms with van der Waals surface area (Å²) in [6.07, 6.45) is 7.59. The quantitative estimate of drug-likeness (QED) is 0.880. The molecule has 0 amide bonds. The van der Waals surface area contributed by atoms with E-state index in [0.29, 0.717) is 32.3 Å². The molecule has 6 nitrogen and oxygen atoms in total. The third-order valence-corrected chi connectivity index (χ3v) is 6.94. The molecule has 0 spiro atoms. The van der Waals surface area contributed by atoms with Crippen molar-refractivity contribution in [1.29, 1.82) is 0 Å². The first-order valence-electron chi connectivity index (χ1n) is 8.90. The summed E-state index contributed by atoms with van der Waals surface area (Å²) < 4.78 is 31.8. The van der Waals surface area contributed by atoms with Gasteiger partial charge < -0.3 is 10.1 Å². The molecule has 1 aliphatic heterocycles. The van der Waals surface area contributed by atoms with Crippen molar-refractivity contribution in [3.05, 3.63) is 18.3 Å². The Kier molecular flexibility index (Phi) is 5.73. The highest BCUT2D eigenvalue weighted by atomic mass is 32.2. The van der Waals surface area contributed by atoms with Crippen LogP contribution in [0.4, 0.5) is 5.82 Å². The van der Waals surface area contributed by atoms with E-state index in [1.807, 2.05) is 0 Å². The van der Waals surface area contributed by atoms with Gasteiger partial charge in [-0.1, -0.05) is 26.2 Å². The Bertz CT molecular complexity index is 627. The number of ether oxygens (including phenoxy) is 1. The zero-order valence-corrected chi connectivity index (χ0v) is 15.1. The second-order valence-electron chi connectivity index (χ2n) is 6.68. The van der Waals surface area contributed by atoms with Crippen LogP contribution in [0.3, 0.4) is 0 Å². The van der Waals surface area contributed by atoms with Gasteiger partial charge in [-0.05, 0) is 30.9 Å². The first-order valence-corrected chi connectivity index (χ1v) is 10.3. The van der Waals surface area contributed by atoms with Gasteiger partial charge in [0, 0.05) is 25.3 Å². The van der Waals surface area contributed by atoms with Crippen molar-refractivity contribution < 1.29 is 13.2 Å². The van der Waals surface area contributed by atoms with Gasteiger partial charge in [-0.2, -0.15) is 4.31 Å². The smallest absolute Gasteiger partial charge is 0.244 e. The van der Waals surface area contributed by atoms with Gasteiger partial charge in [0.05, 0.1) is 13.2 Å². The molecule has 0 bridgehead atoms. The molecule has 1 aromatic rings. The van der Waals surface area contributed by atoms with Crippen molar-refractivity contribution in [3.63, 3.8) is 0 Å². The van der Waals surface area contributed by atoms with Gasteiger partial charge in [0.15, 0.2) is 0 Å². The second kappa shape index (κ2) is 7.80. The minimum absolute atomic E-state index is 0.255. The summed E-state index contributed by atoms with van der Waals surface area (Å²) in [6.45, 7) is 3.96. The lowest BCUT2D eigenvalue weighted by Gasteiger charge is -2.29. The lowest BCUT2D eigenvalue weighted by molar-refractivity contribution is 0.0730. The van der Waals surface area contributed by atoms with Gasteiger partial charge in [-0.15, -0.1) is 0 Å². The first kappa shape index (κ1) is 17.6. The van der Waals surface area contributed by atoms with E-state index >= 15 is 0 Å². The summed E-state index contributed by atoms with van der Waals surface area (Å²) in [5.41, 5.74) is 0. The number of morpholine rings is 1. The largest absolute Gasteiger partial charge is 0.379 e. The Morgan fingerprint density at radius 2 is 2.08 bits per heavy atom. The normalized spacial score (nSPS) is 26.2. The number of sulfonamides is 1. The third kappa shape index (κ3) is 4.07. The van der Waals surface area contributed by atoms with Crippen LogP contribution < -0.4 is 5.32 Å². The van der Waals surface area contributed by atoms with Crippen LogP contribution in [-0.2, 0) is 14.8 Å². The van der Waals surface area contributed by atoms with Crippen molar-refractivity contribution in [3.8, 4) is 0 Å². The van der Waals surface area contributed by atoms with E-state index in [4.69, 9.17) is 4.74 Å². The van der Waals surface area contributed by atoms with E-state index < -0.39 is 10.0 Å². The molecule has 2 atom stereocenters. The fourth-order valence-corrected chi connectivity index (χ4v) is 4.91. The molecule has 0 radical (unpaired) electrons. The lowest BCUT2D eigenvalue weighted by atomic mass is 9.84. The summed E-state index contributed by atoms with van der Waals surface area (Å²) in [7, 11) is -3.46. The number of rotatable bonds is 5. The number of hydrogen-bond acceptors (Lipinski definition) is 5. The average molecular weight is 353 g/mol. The second-order valence-corrected chi connectivity index (χ2v) is 8.62. The average Bonchev–Trinajstić information content (AvgIpc) is 2.63. The fraction of sp³-hybridized carbons (Fsp3) is 0.706. The Morgan fingerprint density at radius 3 is 2.75 bits per heavy atom. The SMILES string of the molecule is CCC1CCCC(Nc2ccc(S(=O)(=O)N3CCOCC3)cn2)C1. The predicted molar refractivity (Wildman–Crippen MR) is 93.5 cm³/mol. The van der Waals surface area contributed by atoms with Crippen molar-refractivity contribution in [2.45, 2.75) is 50.0 Å². The molecule has 1 saturated carbocycles. The standard InChI is InChI=1S/C17H27N3O3S/c1-2-14-4-3-5-15(12-14)19-17-7-6-16(13-18-17)24(21,22)20-8-10-23-11-9-20/h6-7,13-15H,2-5,8-12H2,1H3,(H,18,19). The van der Waals surface area contributed by atoms with Crippen molar-refractivity contribution in [1.82, 2.24) is 9.29 Å². The fourth-order valence-electron chi connectivity index (χ4n) is 3.56. The van der Waals surface area contributed by atoms with Crippen LogP contribution in [0.1, 0.15) is 39.0 Å². The van der Waals surface area contributed by atoms with Gasteiger partial charge in [-0.3, -0.25) is 0 Å². The molecule has 1 N–H and O–H groups in total. The Morgan fingerprint density at radius 1 is 1.29 bits per heavy atom. The molecule has 0 aromatic carbocycles. The van der Waals surface area contributed by atoms with E-state index in [1.165, 1.54) is 36.2 Å². The molecule has 7 heteroatoms. The molecule has 2 unspecified atom stereocenters. The van der Waals surface area contributed by atoms with Crippen LogP contribution >= 0.6 is 0 Å². The number of hydrogen-bond donors (Lipinski definition) is 1. The predicted octanol–water partition coefficient (Wildman–Crippen LogP) is 2.48. The van der Waals surface area contributed by atoms with Gasteiger partial charge in [-0.25, -0.2) is 13.4 Å². The van der Waals surface area contributed by atoms with Gasteiger partial charge in [0.1, 0.15) is 10.7 Å². The summed E-state index contributed by atoms with van der Waals surface area (Å²) in [5, 5.41) is 3.46. The monoisotopic (exact) mass is 353 g/mol. The van der Waals surface area contributed by atoms with Crippen LogP contribution in [0.5, 0.6) is 0 Å². The molecule has 1 saturated heterocycles. The van der Waals surface area contributed by atoms with Crippen LogP contribution in [0, 0.1) is 5.92 Å². The van der Waals surface area contributed by atoms with Gasteiger partial charge in [0.25, 0.3) is 0 Å². The molecule has 2 fully saturated rings. The molecule has 1 aromatic heterocycles. The maximum atomic E-state index is 12.6. The highest BCUT2D eigenvalue weighted by Gasteiger charge is 2.27. The molecule has 2 heterocycles. The topological polar surface area (TPSA) is 71.5 Å². The molecule has 1 aliphatic carbocycles.